The molecule has 0 N–H and O–H groups in total. The highest BCUT2D eigenvalue weighted by Gasteiger charge is 2.29. The Morgan fingerprint density at radius 2 is 1.84 bits per heavy atom. The number of benzene rings is 1. The van der Waals surface area contributed by atoms with E-state index in [1.54, 1.807) is 13.8 Å². The Morgan fingerprint density at radius 3 is 2.37 bits per heavy atom. The topological polar surface area (TPSA) is 18.5 Å². The van der Waals surface area contributed by atoms with Crippen LogP contribution in [-0.2, 0) is 4.74 Å². The van der Waals surface area contributed by atoms with Gasteiger partial charge in [0.15, 0.2) is 0 Å². The molecular weight excluding hydrogens is 263 g/mol. The molecule has 0 radical (unpaired) electrons. The van der Waals surface area contributed by atoms with E-state index in [1.165, 1.54) is 7.11 Å². The Hall–Kier alpha value is -1.24. The summed E-state index contributed by atoms with van der Waals surface area (Å²) in [5, 5.41) is 0. The number of hydrogen-bond acceptors (Lipinski definition) is 2. The second-order valence-corrected chi connectivity index (χ2v) is 4.82. The zero-order chi connectivity index (χ0) is 14.7. The standard InChI is InChI=1S/C12H16BF4O2/c1-12(2,18-3)6-7-19-11-8-9(14)4-5-10(11)13(15,16)17/h4-5,8H,6-7H2,1-3H3/q-1. The van der Waals surface area contributed by atoms with E-state index in [2.05, 4.69) is 0 Å². The SMILES string of the molecule is COC(C)(C)CCOc1cc(F)ccc1[B-](F)(F)F. The Kier molecular flexibility index (Phi) is 4.84. The van der Waals surface area contributed by atoms with Crippen molar-refractivity contribution >= 4 is 12.4 Å². The highest BCUT2D eigenvalue weighted by atomic mass is 19.4. The molecule has 108 valence electrons. The van der Waals surface area contributed by atoms with E-state index in [0.717, 1.165) is 12.1 Å². The first-order valence-electron chi connectivity index (χ1n) is 5.83. The van der Waals surface area contributed by atoms with Gasteiger partial charge in [0, 0.05) is 19.6 Å². The molecule has 0 aliphatic rings. The van der Waals surface area contributed by atoms with E-state index >= 15 is 0 Å². The molecule has 1 rings (SSSR count). The summed E-state index contributed by atoms with van der Waals surface area (Å²) in [5.41, 5.74) is -1.42. The molecule has 0 aliphatic carbocycles. The molecule has 0 bridgehead atoms. The third kappa shape index (κ3) is 4.74. The molecule has 0 aromatic heterocycles. The first-order valence-corrected chi connectivity index (χ1v) is 5.83. The monoisotopic (exact) mass is 279 g/mol. The number of methoxy groups -OCH3 is 1. The molecule has 19 heavy (non-hydrogen) atoms. The number of halogens is 4. The summed E-state index contributed by atoms with van der Waals surface area (Å²) in [5.74, 6) is -1.23. The molecule has 1 aromatic rings. The van der Waals surface area contributed by atoms with Gasteiger partial charge >= 0.3 is 6.98 Å². The molecule has 0 fully saturated rings. The van der Waals surface area contributed by atoms with E-state index < -0.39 is 29.6 Å². The minimum absolute atomic E-state index is 0.0173. The van der Waals surface area contributed by atoms with Crippen LogP contribution in [0, 0.1) is 5.82 Å². The Labute approximate surface area is 109 Å². The largest absolute Gasteiger partial charge is 0.513 e. The molecule has 2 nitrogen and oxygen atoms in total. The normalized spacial score (nSPS) is 12.6. The summed E-state index contributed by atoms with van der Waals surface area (Å²) in [6, 6.07) is 2.23. The number of hydrogen-bond donors (Lipinski definition) is 0. The van der Waals surface area contributed by atoms with E-state index in [0.29, 0.717) is 12.5 Å². The lowest BCUT2D eigenvalue weighted by molar-refractivity contribution is 0.00551. The first kappa shape index (κ1) is 15.8. The van der Waals surface area contributed by atoms with Crippen molar-refractivity contribution in [2.45, 2.75) is 25.9 Å². The fraction of sp³-hybridized carbons (Fsp3) is 0.500. The van der Waals surface area contributed by atoms with Crippen LogP contribution < -0.4 is 10.2 Å². The molecule has 0 saturated heterocycles. The third-order valence-corrected chi connectivity index (χ3v) is 2.84. The van der Waals surface area contributed by atoms with Gasteiger partial charge in [-0.15, -0.1) is 0 Å². The molecule has 0 atom stereocenters. The van der Waals surface area contributed by atoms with Crippen molar-refractivity contribution in [2.24, 2.45) is 0 Å². The summed E-state index contributed by atoms with van der Waals surface area (Å²) in [6.45, 7) is -1.63. The van der Waals surface area contributed by atoms with Crippen LogP contribution in [0.2, 0.25) is 0 Å². The van der Waals surface area contributed by atoms with Gasteiger partial charge in [0.25, 0.3) is 0 Å². The number of ether oxygens (including phenoxy) is 2. The highest BCUT2D eigenvalue weighted by molar-refractivity contribution is 6.74. The molecule has 0 heterocycles. The average Bonchev–Trinajstić information content (AvgIpc) is 2.27. The zero-order valence-corrected chi connectivity index (χ0v) is 11.1. The maximum Gasteiger partial charge on any atom is 0.513 e. The zero-order valence-electron chi connectivity index (χ0n) is 11.1. The lowest BCUT2D eigenvalue weighted by atomic mass is 9.79. The average molecular weight is 279 g/mol. The molecule has 0 amide bonds. The van der Waals surface area contributed by atoms with Crippen LogP contribution in [0.25, 0.3) is 0 Å². The summed E-state index contributed by atoms with van der Waals surface area (Å²) >= 11 is 0. The molecular formula is C12H16BF4O2-. The summed E-state index contributed by atoms with van der Waals surface area (Å²) < 4.78 is 61.4. The van der Waals surface area contributed by atoms with Crippen LogP contribution in [0.15, 0.2) is 18.2 Å². The third-order valence-electron chi connectivity index (χ3n) is 2.84. The van der Waals surface area contributed by atoms with Crippen LogP contribution in [0.1, 0.15) is 20.3 Å². The fourth-order valence-corrected chi connectivity index (χ4v) is 1.41. The van der Waals surface area contributed by atoms with Crippen LogP contribution >= 0.6 is 0 Å². The summed E-state index contributed by atoms with van der Waals surface area (Å²) in [7, 11) is 1.51. The predicted octanol–water partition coefficient (Wildman–Crippen LogP) is 3.07. The van der Waals surface area contributed by atoms with E-state index in [1.807, 2.05) is 0 Å². The predicted molar refractivity (Wildman–Crippen MR) is 66.3 cm³/mol. The van der Waals surface area contributed by atoms with Crippen LogP contribution in [0.4, 0.5) is 17.3 Å². The van der Waals surface area contributed by atoms with Crippen molar-refractivity contribution in [3.05, 3.63) is 24.0 Å². The van der Waals surface area contributed by atoms with Crippen molar-refractivity contribution in [1.82, 2.24) is 0 Å². The lowest BCUT2D eigenvalue weighted by Gasteiger charge is -2.24. The highest BCUT2D eigenvalue weighted by Crippen LogP contribution is 2.20. The molecule has 0 spiro atoms. The molecule has 0 saturated carbocycles. The Bertz CT molecular complexity index is 432. The van der Waals surface area contributed by atoms with Gasteiger partial charge in [-0.25, -0.2) is 4.39 Å². The smallest absolute Gasteiger partial charge is 0.496 e. The first-order chi connectivity index (χ1) is 8.65. The van der Waals surface area contributed by atoms with Crippen LogP contribution in [0.3, 0.4) is 0 Å². The number of rotatable bonds is 6. The van der Waals surface area contributed by atoms with Gasteiger partial charge in [-0.05, 0) is 19.9 Å². The van der Waals surface area contributed by atoms with Gasteiger partial charge in [0.05, 0.1) is 18.0 Å². The van der Waals surface area contributed by atoms with Crippen molar-refractivity contribution in [1.29, 1.82) is 0 Å². The quantitative estimate of drug-likeness (QED) is 0.588. The molecule has 0 unspecified atom stereocenters. The Morgan fingerprint density at radius 1 is 1.21 bits per heavy atom. The molecule has 1 aromatic carbocycles. The van der Waals surface area contributed by atoms with E-state index in [-0.39, 0.29) is 6.61 Å². The minimum Gasteiger partial charge on any atom is -0.496 e. The van der Waals surface area contributed by atoms with Gasteiger partial charge in [0.2, 0.25) is 0 Å². The molecule has 0 aliphatic heterocycles. The van der Waals surface area contributed by atoms with Gasteiger partial charge in [-0.1, -0.05) is 11.5 Å². The van der Waals surface area contributed by atoms with E-state index in [9.17, 15) is 17.3 Å². The maximum absolute atomic E-state index is 13.0. The minimum atomic E-state index is -5.23. The second kappa shape index (κ2) is 5.82. The van der Waals surface area contributed by atoms with Crippen molar-refractivity contribution in [3.8, 4) is 5.75 Å². The van der Waals surface area contributed by atoms with Crippen LogP contribution in [0.5, 0.6) is 5.75 Å². The van der Waals surface area contributed by atoms with E-state index in [4.69, 9.17) is 9.47 Å². The van der Waals surface area contributed by atoms with Gasteiger partial charge in [-0.3, -0.25) is 0 Å². The van der Waals surface area contributed by atoms with Crippen LogP contribution in [-0.4, -0.2) is 26.3 Å². The van der Waals surface area contributed by atoms with Gasteiger partial charge in [-0.2, -0.15) is 0 Å². The fourth-order valence-electron chi connectivity index (χ4n) is 1.41. The second-order valence-electron chi connectivity index (χ2n) is 4.82. The van der Waals surface area contributed by atoms with Crippen molar-refractivity contribution < 1.29 is 26.8 Å². The van der Waals surface area contributed by atoms with Gasteiger partial charge in [0.1, 0.15) is 5.82 Å². The van der Waals surface area contributed by atoms with Crippen molar-refractivity contribution in [2.75, 3.05) is 13.7 Å². The van der Waals surface area contributed by atoms with Crippen molar-refractivity contribution in [3.63, 3.8) is 0 Å². The lowest BCUT2D eigenvalue weighted by Crippen LogP contribution is -2.36. The summed E-state index contributed by atoms with van der Waals surface area (Å²) in [6.07, 6.45) is 0.393. The Balaban J connectivity index is 2.80. The summed E-state index contributed by atoms with van der Waals surface area (Å²) in [4.78, 5) is 0. The van der Waals surface area contributed by atoms with Gasteiger partial charge < -0.3 is 22.4 Å². The maximum atomic E-state index is 13.0. The molecule has 7 heteroatoms.